The second kappa shape index (κ2) is 7.59. The van der Waals surface area contributed by atoms with Gasteiger partial charge in [0.15, 0.2) is 21.3 Å². The number of aliphatic hydroxyl groups is 1. The van der Waals surface area contributed by atoms with Crippen LogP contribution in [-0.2, 0) is 9.84 Å². The number of piperidine rings is 1. The maximum absolute atomic E-state index is 12.5. The van der Waals surface area contributed by atoms with Gasteiger partial charge in [-0.25, -0.2) is 8.42 Å². The summed E-state index contributed by atoms with van der Waals surface area (Å²) in [6.07, 6.45) is 1.33. The number of benzene rings is 1. The fourth-order valence-electron chi connectivity index (χ4n) is 2.96. The number of rotatable bonds is 5. The van der Waals surface area contributed by atoms with Crippen molar-refractivity contribution in [1.82, 2.24) is 10.1 Å². The largest absolute Gasteiger partial charge is 0.393 e. The molecule has 0 atom stereocenters. The first-order valence-electron chi connectivity index (χ1n) is 8.68. The Morgan fingerprint density at radius 3 is 2.54 bits per heavy atom. The number of aliphatic hydroxyl groups excluding tert-OH is 1. The van der Waals surface area contributed by atoms with Gasteiger partial charge in [-0.05, 0) is 43.5 Å². The zero-order valence-electron chi connectivity index (χ0n) is 14.6. The molecule has 1 N–H and O–H groups in total. The van der Waals surface area contributed by atoms with Crippen LogP contribution in [0.5, 0.6) is 0 Å². The van der Waals surface area contributed by atoms with Crippen molar-refractivity contribution in [2.24, 2.45) is 0 Å². The Labute approximate surface area is 152 Å². The van der Waals surface area contributed by atoms with Crippen molar-refractivity contribution >= 4 is 15.7 Å². The lowest BCUT2D eigenvalue weighted by atomic mass is 10.1. The molecule has 0 radical (unpaired) electrons. The van der Waals surface area contributed by atoms with Crippen molar-refractivity contribution in [3.8, 4) is 11.3 Å². The number of carbonyl (C=O) groups is 1. The van der Waals surface area contributed by atoms with Gasteiger partial charge in [-0.2, -0.15) is 0 Å². The third kappa shape index (κ3) is 3.96. The highest BCUT2D eigenvalue weighted by atomic mass is 32.2. The molecule has 2 heterocycles. The highest BCUT2D eigenvalue weighted by Crippen LogP contribution is 2.24. The van der Waals surface area contributed by atoms with Gasteiger partial charge in [-0.3, -0.25) is 4.79 Å². The molecule has 8 heteroatoms. The molecule has 140 valence electrons. The average Bonchev–Trinajstić information content (AvgIpc) is 3.12. The molecule has 7 nitrogen and oxygen atoms in total. The van der Waals surface area contributed by atoms with E-state index in [0.29, 0.717) is 43.7 Å². The number of hydrogen-bond acceptors (Lipinski definition) is 6. The van der Waals surface area contributed by atoms with Crippen LogP contribution in [0.25, 0.3) is 11.3 Å². The van der Waals surface area contributed by atoms with E-state index in [9.17, 15) is 18.3 Å². The Balaban J connectivity index is 1.74. The summed E-state index contributed by atoms with van der Waals surface area (Å²) in [5.74, 6) is 0.288. The van der Waals surface area contributed by atoms with Gasteiger partial charge < -0.3 is 14.5 Å². The number of hydrogen-bond donors (Lipinski definition) is 1. The van der Waals surface area contributed by atoms with Crippen molar-refractivity contribution in [1.29, 1.82) is 0 Å². The molecule has 0 spiro atoms. The number of carbonyl (C=O) groups excluding carboxylic acids is 1. The molecule has 1 aliphatic rings. The normalized spacial score (nSPS) is 16.0. The fraction of sp³-hybridized carbons (Fsp3) is 0.444. The quantitative estimate of drug-likeness (QED) is 0.855. The zero-order chi connectivity index (χ0) is 18.7. The van der Waals surface area contributed by atoms with Gasteiger partial charge >= 0.3 is 0 Å². The van der Waals surface area contributed by atoms with Gasteiger partial charge in [-0.1, -0.05) is 12.1 Å². The molecular formula is C18H22N2O5S. The minimum Gasteiger partial charge on any atom is -0.393 e. The molecule has 1 aromatic carbocycles. The Morgan fingerprint density at radius 1 is 1.27 bits per heavy atom. The lowest BCUT2D eigenvalue weighted by molar-refractivity contribution is 0.0538. The van der Waals surface area contributed by atoms with Gasteiger partial charge in [0.1, 0.15) is 0 Å². The predicted octanol–water partition coefficient (Wildman–Crippen LogP) is 2.12. The summed E-state index contributed by atoms with van der Waals surface area (Å²) in [5.41, 5.74) is 0.861. The van der Waals surface area contributed by atoms with E-state index in [-0.39, 0.29) is 28.4 Å². The van der Waals surface area contributed by atoms with Crippen LogP contribution in [0.4, 0.5) is 0 Å². The molecule has 26 heavy (non-hydrogen) atoms. The summed E-state index contributed by atoms with van der Waals surface area (Å²) < 4.78 is 29.4. The SMILES string of the molecule is CCCS(=O)(=O)c1ccc(-c2cc(C(=O)N3CCC(O)CC3)no2)cc1. The summed E-state index contributed by atoms with van der Waals surface area (Å²) in [6, 6.07) is 7.93. The smallest absolute Gasteiger partial charge is 0.276 e. The average molecular weight is 378 g/mol. The third-order valence-corrected chi connectivity index (χ3v) is 6.39. The highest BCUT2D eigenvalue weighted by molar-refractivity contribution is 7.91. The van der Waals surface area contributed by atoms with Crippen molar-refractivity contribution in [3.63, 3.8) is 0 Å². The minimum atomic E-state index is -3.26. The van der Waals surface area contributed by atoms with Crippen molar-refractivity contribution in [2.45, 2.75) is 37.2 Å². The van der Waals surface area contributed by atoms with Gasteiger partial charge in [-0.15, -0.1) is 0 Å². The fourth-order valence-corrected chi connectivity index (χ4v) is 4.28. The second-order valence-electron chi connectivity index (χ2n) is 6.44. The van der Waals surface area contributed by atoms with Crippen molar-refractivity contribution in [3.05, 3.63) is 36.0 Å². The van der Waals surface area contributed by atoms with Crippen LogP contribution in [-0.4, -0.2) is 54.4 Å². The molecule has 3 rings (SSSR count). The van der Waals surface area contributed by atoms with E-state index < -0.39 is 9.84 Å². The maximum Gasteiger partial charge on any atom is 0.276 e. The highest BCUT2D eigenvalue weighted by Gasteiger charge is 2.25. The van der Waals surface area contributed by atoms with Crippen molar-refractivity contribution in [2.75, 3.05) is 18.8 Å². The molecule has 0 aliphatic carbocycles. The summed E-state index contributed by atoms with van der Waals surface area (Å²) in [5, 5.41) is 13.4. The van der Waals surface area contributed by atoms with E-state index in [4.69, 9.17) is 4.52 Å². The Bertz CT molecular complexity index is 865. The number of aromatic nitrogens is 1. The lowest BCUT2D eigenvalue weighted by Crippen LogP contribution is -2.40. The van der Waals surface area contributed by atoms with E-state index in [2.05, 4.69) is 5.16 Å². The molecular weight excluding hydrogens is 356 g/mol. The zero-order valence-corrected chi connectivity index (χ0v) is 15.4. The minimum absolute atomic E-state index is 0.109. The van der Waals surface area contributed by atoms with Crippen molar-refractivity contribution < 1.29 is 22.8 Å². The molecule has 1 aromatic heterocycles. The van der Waals surface area contributed by atoms with Gasteiger partial charge in [0, 0.05) is 24.7 Å². The molecule has 1 fully saturated rings. The van der Waals surface area contributed by atoms with Crippen LogP contribution in [0, 0.1) is 0 Å². The number of amides is 1. The van der Waals surface area contributed by atoms with Gasteiger partial charge in [0.05, 0.1) is 16.8 Å². The Kier molecular flexibility index (Phi) is 5.43. The topological polar surface area (TPSA) is 101 Å². The standard InChI is InChI=1S/C18H22N2O5S/c1-2-11-26(23,24)15-5-3-13(4-6-15)17-12-16(19-25-17)18(22)20-9-7-14(21)8-10-20/h3-6,12,14,21H,2,7-11H2,1H3. The second-order valence-corrected chi connectivity index (χ2v) is 8.55. The lowest BCUT2D eigenvalue weighted by Gasteiger charge is -2.28. The van der Waals surface area contributed by atoms with E-state index in [1.807, 2.05) is 6.92 Å². The molecule has 0 saturated carbocycles. The molecule has 1 saturated heterocycles. The van der Waals surface area contributed by atoms with E-state index in [0.717, 1.165) is 0 Å². The maximum atomic E-state index is 12.5. The van der Waals surface area contributed by atoms with Gasteiger partial charge in [0.2, 0.25) is 0 Å². The van der Waals surface area contributed by atoms with Crippen LogP contribution >= 0.6 is 0 Å². The summed E-state index contributed by atoms with van der Waals surface area (Å²) in [4.78, 5) is 14.4. The van der Waals surface area contributed by atoms with Crippen LogP contribution in [0.2, 0.25) is 0 Å². The first-order valence-corrected chi connectivity index (χ1v) is 10.3. The van der Waals surface area contributed by atoms with E-state index in [1.165, 1.54) is 12.1 Å². The first kappa shape index (κ1) is 18.6. The van der Waals surface area contributed by atoms with Crippen LogP contribution in [0.1, 0.15) is 36.7 Å². The Hall–Kier alpha value is -2.19. The predicted molar refractivity (Wildman–Crippen MR) is 95.4 cm³/mol. The van der Waals surface area contributed by atoms with Gasteiger partial charge in [0.25, 0.3) is 5.91 Å². The molecule has 1 aliphatic heterocycles. The molecule has 0 bridgehead atoms. The first-order chi connectivity index (χ1) is 12.4. The molecule has 1 amide bonds. The number of nitrogens with zero attached hydrogens (tertiary/aromatic N) is 2. The van der Waals surface area contributed by atoms with E-state index >= 15 is 0 Å². The Morgan fingerprint density at radius 2 is 1.92 bits per heavy atom. The number of likely N-dealkylation sites (tertiary alicyclic amines) is 1. The van der Waals surface area contributed by atoms with Crippen LogP contribution in [0.3, 0.4) is 0 Å². The van der Waals surface area contributed by atoms with Crippen LogP contribution < -0.4 is 0 Å². The third-order valence-electron chi connectivity index (χ3n) is 4.45. The summed E-state index contributed by atoms with van der Waals surface area (Å²) >= 11 is 0. The molecule has 0 unspecified atom stereocenters. The van der Waals surface area contributed by atoms with Crippen LogP contribution in [0.15, 0.2) is 39.8 Å². The molecule has 2 aromatic rings. The summed E-state index contributed by atoms with van der Waals surface area (Å²) in [6.45, 7) is 2.81. The van der Waals surface area contributed by atoms with E-state index in [1.54, 1.807) is 23.1 Å². The monoisotopic (exact) mass is 378 g/mol. The number of sulfone groups is 1. The summed E-state index contributed by atoms with van der Waals surface area (Å²) in [7, 11) is -3.26.